The van der Waals surface area contributed by atoms with E-state index in [-0.39, 0.29) is 5.63 Å². The van der Waals surface area contributed by atoms with Crippen molar-refractivity contribution in [2.45, 2.75) is 13.0 Å². The summed E-state index contributed by atoms with van der Waals surface area (Å²) >= 11 is 0. The summed E-state index contributed by atoms with van der Waals surface area (Å²) in [4.78, 5) is 12.0. The Morgan fingerprint density at radius 3 is 2.59 bits per heavy atom. The molecular formula is C24H24NO4+. The Bertz CT molecular complexity index is 1210. The molecule has 0 saturated heterocycles. The lowest BCUT2D eigenvalue weighted by molar-refractivity contribution is -0.669. The van der Waals surface area contributed by atoms with Gasteiger partial charge in [0.2, 0.25) is 0 Å². The molecule has 4 rings (SSSR count). The first-order valence-electron chi connectivity index (χ1n) is 9.66. The minimum absolute atomic E-state index is 0.309. The highest BCUT2D eigenvalue weighted by atomic mass is 16.5. The fourth-order valence-electron chi connectivity index (χ4n) is 3.74. The summed E-state index contributed by atoms with van der Waals surface area (Å²) < 4.78 is 16.1. The van der Waals surface area contributed by atoms with Crippen LogP contribution in [0.5, 0.6) is 11.5 Å². The van der Waals surface area contributed by atoms with Crippen LogP contribution in [0.15, 0.2) is 69.9 Å². The topological polar surface area (TPSA) is 65.3 Å². The average molecular weight is 390 g/mol. The van der Waals surface area contributed by atoms with Gasteiger partial charge in [0, 0.05) is 23.4 Å². The van der Waals surface area contributed by atoms with E-state index in [9.17, 15) is 4.79 Å². The third-order valence-electron chi connectivity index (χ3n) is 5.16. The molecule has 0 amide bonds. The van der Waals surface area contributed by atoms with Crippen molar-refractivity contribution in [1.82, 2.24) is 0 Å². The largest absolute Gasteiger partial charge is 0.493 e. The lowest BCUT2D eigenvalue weighted by atomic mass is 10.0. The van der Waals surface area contributed by atoms with Crippen molar-refractivity contribution >= 4 is 21.7 Å². The van der Waals surface area contributed by atoms with Crippen LogP contribution >= 0.6 is 0 Å². The second kappa shape index (κ2) is 8.37. The Balaban J connectivity index is 1.53. The minimum atomic E-state index is -0.309. The second-order valence-corrected chi connectivity index (χ2v) is 6.97. The van der Waals surface area contributed by atoms with Crippen LogP contribution in [-0.2, 0) is 13.0 Å². The number of nitrogens with two attached hydrogens (primary N) is 1. The number of ether oxygens (including phenoxy) is 2. The van der Waals surface area contributed by atoms with Gasteiger partial charge in [0.15, 0.2) is 11.5 Å². The zero-order chi connectivity index (χ0) is 20.2. The fourth-order valence-corrected chi connectivity index (χ4v) is 3.74. The molecule has 148 valence electrons. The summed E-state index contributed by atoms with van der Waals surface area (Å²) in [6, 6.07) is 19.6. The molecule has 0 bridgehead atoms. The lowest BCUT2D eigenvalue weighted by Crippen LogP contribution is -2.83. The van der Waals surface area contributed by atoms with Gasteiger partial charge in [-0.15, -0.1) is 0 Å². The van der Waals surface area contributed by atoms with E-state index in [0.29, 0.717) is 12.1 Å². The van der Waals surface area contributed by atoms with Crippen molar-refractivity contribution in [3.05, 3.63) is 82.2 Å². The van der Waals surface area contributed by atoms with E-state index in [1.165, 1.54) is 5.56 Å². The van der Waals surface area contributed by atoms with Crippen LogP contribution in [0.2, 0.25) is 0 Å². The van der Waals surface area contributed by atoms with Crippen molar-refractivity contribution in [3.63, 3.8) is 0 Å². The first-order chi connectivity index (χ1) is 14.2. The first-order valence-corrected chi connectivity index (χ1v) is 9.66. The van der Waals surface area contributed by atoms with E-state index in [1.54, 1.807) is 20.3 Å². The molecule has 0 atom stereocenters. The molecule has 5 heteroatoms. The molecule has 0 fully saturated rings. The molecule has 29 heavy (non-hydrogen) atoms. The highest BCUT2D eigenvalue weighted by Crippen LogP contribution is 2.28. The van der Waals surface area contributed by atoms with Gasteiger partial charge in [0.1, 0.15) is 12.1 Å². The molecule has 0 aliphatic rings. The molecule has 0 aliphatic carbocycles. The second-order valence-electron chi connectivity index (χ2n) is 6.97. The molecule has 5 nitrogen and oxygen atoms in total. The number of hydrogen-bond acceptors (Lipinski definition) is 4. The van der Waals surface area contributed by atoms with Crippen molar-refractivity contribution in [1.29, 1.82) is 0 Å². The standard InChI is InChI=1S/C24H23NO4/c1-27-20-9-7-16(13-22(20)28-2)11-12-25-15-18-14-23(26)29-21-10-8-17-5-3-4-6-19(17)24(18)21/h3-10,13-14,25H,11-12,15H2,1-2H3/p+1. The Labute approximate surface area is 168 Å². The molecule has 0 spiro atoms. The number of quaternary nitrogens is 1. The van der Waals surface area contributed by atoms with Crippen LogP contribution < -0.4 is 20.4 Å². The Hall–Kier alpha value is -3.31. The van der Waals surface area contributed by atoms with Crippen LogP contribution in [0.25, 0.3) is 21.7 Å². The number of fused-ring (bicyclic) bond motifs is 3. The summed E-state index contributed by atoms with van der Waals surface area (Å²) in [5, 5.41) is 5.48. The molecule has 1 heterocycles. The number of rotatable bonds is 7. The van der Waals surface area contributed by atoms with E-state index >= 15 is 0 Å². The number of benzene rings is 3. The van der Waals surface area contributed by atoms with E-state index < -0.39 is 0 Å². The van der Waals surface area contributed by atoms with Gasteiger partial charge in [-0.2, -0.15) is 0 Å². The maximum atomic E-state index is 12.0. The average Bonchev–Trinajstić information content (AvgIpc) is 2.75. The van der Waals surface area contributed by atoms with Crippen molar-refractivity contribution in [2.24, 2.45) is 0 Å². The highest BCUT2D eigenvalue weighted by Gasteiger charge is 2.11. The van der Waals surface area contributed by atoms with Crippen molar-refractivity contribution in [3.8, 4) is 11.5 Å². The SMILES string of the molecule is COc1ccc(CC[NH2+]Cc2cc(=O)oc3ccc4ccccc4c23)cc1OC. The summed E-state index contributed by atoms with van der Waals surface area (Å²) in [6.45, 7) is 1.60. The van der Waals surface area contributed by atoms with Crippen LogP contribution in [0, 0.1) is 0 Å². The van der Waals surface area contributed by atoms with Gasteiger partial charge in [-0.05, 0) is 34.5 Å². The Morgan fingerprint density at radius 2 is 1.76 bits per heavy atom. The van der Waals surface area contributed by atoms with E-state index in [1.807, 2.05) is 36.4 Å². The molecule has 0 saturated carbocycles. The van der Waals surface area contributed by atoms with Gasteiger partial charge in [-0.3, -0.25) is 0 Å². The van der Waals surface area contributed by atoms with E-state index in [0.717, 1.165) is 46.2 Å². The van der Waals surface area contributed by atoms with Gasteiger partial charge < -0.3 is 19.2 Å². The summed E-state index contributed by atoms with van der Waals surface area (Å²) in [5.74, 6) is 1.47. The molecule has 2 N–H and O–H groups in total. The van der Waals surface area contributed by atoms with Gasteiger partial charge in [0.25, 0.3) is 0 Å². The third kappa shape index (κ3) is 3.96. The molecule has 3 aromatic carbocycles. The normalized spacial score (nSPS) is 11.1. The summed E-state index contributed by atoms with van der Waals surface area (Å²) in [7, 11) is 3.28. The minimum Gasteiger partial charge on any atom is -0.493 e. The van der Waals surface area contributed by atoms with Crippen molar-refractivity contribution in [2.75, 3.05) is 20.8 Å². The summed E-state index contributed by atoms with van der Waals surface area (Å²) in [5.41, 5.74) is 2.51. The Kier molecular flexibility index (Phi) is 5.49. The highest BCUT2D eigenvalue weighted by molar-refractivity contribution is 6.06. The molecular weight excluding hydrogens is 366 g/mol. The third-order valence-corrected chi connectivity index (χ3v) is 5.16. The molecule has 0 radical (unpaired) electrons. The monoisotopic (exact) mass is 390 g/mol. The van der Waals surface area contributed by atoms with E-state index in [4.69, 9.17) is 13.9 Å². The smallest absolute Gasteiger partial charge is 0.336 e. The first kappa shape index (κ1) is 19.0. The van der Waals surface area contributed by atoms with Crippen LogP contribution in [0.1, 0.15) is 11.1 Å². The van der Waals surface area contributed by atoms with Crippen LogP contribution in [-0.4, -0.2) is 20.8 Å². The predicted molar refractivity (Wildman–Crippen MR) is 114 cm³/mol. The van der Waals surface area contributed by atoms with Crippen LogP contribution in [0.3, 0.4) is 0 Å². The molecule has 1 aromatic heterocycles. The van der Waals surface area contributed by atoms with Gasteiger partial charge in [-0.25, -0.2) is 4.79 Å². The van der Waals surface area contributed by atoms with Gasteiger partial charge in [0.05, 0.1) is 20.8 Å². The quantitative estimate of drug-likeness (QED) is 0.299. The zero-order valence-corrected chi connectivity index (χ0v) is 16.6. The molecule has 4 aromatic rings. The molecule has 0 aliphatic heterocycles. The number of hydrogen-bond donors (Lipinski definition) is 1. The number of methoxy groups -OCH3 is 2. The predicted octanol–water partition coefficient (Wildman–Crippen LogP) is 3.27. The Morgan fingerprint density at radius 1 is 0.931 bits per heavy atom. The van der Waals surface area contributed by atoms with Crippen LogP contribution in [0.4, 0.5) is 0 Å². The van der Waals surface area contributed by atoms with Gasteiger partial charge >= 0.3 is 5.63 Å². The maximum absolute atomic E-state index is 12.0. The van der Waals surface area contributed by atoms with E-state index in [2.05, 4.69) is 23.5 Å². The van der Waals surface area contributed by atoms with Gasteiger partial charge in [-0.1, -0.05) is 36.4 Å². The fraction of sp³-hybridized carbons (Fsp3) is 0.208. The van der Waals surface area contributed by atoms with Crippen molar-refractivity contribution < 1.29 is 19.2 Å². The zero-order valence-electron chi connectivity index (χ0n) is 16.6. The lowest BCUT2D eigenvalue weighted by Gasteiger charge is -2.10. The summed E-state index contributed by atoms with van der Waals surface area (Å²) in [6.07, 6.45) is 0.889. The molecule has 0 unspecified atom stereocenters. The maximum Gasteiger partial charge on any atom is 0.336 e.